The van der Waals surface area contributed by atoms with Crippen molar-refractivity contribution >= 4 is 53.4 Å². The molecule has 0 spiro atoms. The number of rotatable bonds is 3. The summed E-state index contributed by atoms with van der Waals surface area (Å²) < 4.78 is 9.07. The van der Waals surface area contributed by atoms with Crippen LogP contribution in [-0.4, -0.2) is 4.98 Å². The van der Waals surface area contributed by atoms with E-state index in [0.29, 0.717) is 5.92 Å². The van der Waals surface area contributed by atoms with Crippen LogP contribution >= 0.6 is 11.3 Å². The van der Waals surface area contributed by atoms with Gasteiger partial charge < -0.3 is 4.42 Å². The molecule has 0 fully saturated rings. The number of thiophene rings is 1. The maximum Gasteiger partial charge on any atom is 0.144 e. The molecular formula is C30H27NOS. The second kappa shape index (κ2) is 7.43. The molecule has 3 aromatic heterocycles. The first-order valence-electron chi connectivity index (χ1n) is 11.6. The van der Waals surface area contributed by atoms with E-state index in [0.717, 1.165) is 28.8 Å². The first-order chi connectivity index (χ1) is 15.9. The Balaban J connectivity index is 1.66. The van der Waals surface area contributed by atoms with Crippen LogP contribution in [0.5, 0.6) is 0 Å². The van der Waals surface area contributed by atoms with Gasteiger partial charge in [-0.05, 0) is 85.7 Å². The highest BCUT2D eigenvalue weighted by Crippen LogP contribution is 2.43. The molecule has 6 rings (SSSR count). The molecule has 6 aromatic rings. The number of fused-ring (bicyclic) bond motifs is 6. The van der Waals surface area contributed by atoms with E-state index in [1.807, 2.05) is 17.5 Å². The Morgan fingerprint density at radius 3 is 2.52 bits per heavy atom. The molecule has 0 aliphatic rings. The Bertz CT molecular complexity index is 1700. The van der Waals surface area contributed by atoms with Crippen molar-refractivity contribution in [1.82, 2.24) is 4.98 Å². The molecule has 33 heavy (non-hydrogen) atoms. The summed E-state index contributed by atoms with van der Waals surface area (Å²) in [6, 6.07) is 17.9. The molecule has 3 heteroatoms. The Labute approximate surface area is 197 Å². The van der Waals surface area contributed by atoms with Gasteiger partial charge in [0.25, 0.3) is 0 Å². The van der Waals surface area contributed by atoms with Crippen LogP contribution in [0.25, 0.3) is 53.4 Å². The van der Waals surface area contributed by atoms with Gasteiger partial charge >= 0.3 is 0 Å². The van der Waals surface area contributed by atoms with Gasteiger partial charge in [0.2, 0.25) is 0 Å². The summed E-state index contributed by atoms with van der Waals surface area (Å²) >= 11 is 1.85. The molecule has 3 heterocycles. The quantitative estimate of drug-likeness (QED) is 0.269. The zero-order valence-electron chi connectivity index (χ0n) is 19.7. The second-order valence-electron chi connectivity index (χ2n) is 9.81. The fourth-order valence-corrected chi connectivity index (χ4v) is 6.51. The smallest absolute Gasteiger partial charge is 0.144 e. The van der Waals surface area contributed by atoms with Gasteiger partial charge in [-0.15, -0.1) is 11.3 Å². The maximum absolute atomic E-state index is 6.51. The van der Waals surface area contributed by atoms with Crippen molar-refractivity contribution < 1.29 is 4.42 Å². The highest BCUT2D eigenvalue weighted by molar-refractivity contribution is 7.26. The van der Waals surface area contributed by atoms with Crippen molar-refractivity contribution in [3.8, 4) is 11.3 Å². The van der Waals surface area contributed by atoms with Gasteiger partial charge in [0.05, 0.1) is 10.4 Å². The lowest BCUT2D eigenvalue weighted by Crippen LogP contribution is -1.92. The maximum atomic E-state index is 6.51. The van der Waals surface area contributed by atoms with Crippen LogP contribution in [0, 0.1) is 26.7 Å². The summed E-state index contributed by atoms with van der Waals surface area (Å²) in [5, 5.41) is 4.97. The minimum absolute atomic E-state index is 0.648. The topological polar surface area (TPSA) is 26.0 Å². The fourth-order valence-electron chi connectivity index (χ4n) is 5.25. The van der Waals surface area contributed by atoms with Crippen LogP contribution < -0.4 is 0 Å². The van der Waals surface area contributed by atoms with E-state index in [9.17, 15) is 0 Å². The molecule has 0 atom stereocenters. The van der Waals surface area contributed by atoms with Crippen molar-refractivity contribution in [1.29, 1.82) is 0 Å². The average Bonchev–Trinajstić information content (AvgIpc) is 3.30. The van der Waals surface area contributed by atoms with E-state index in [4.69, 9.17) is 9.40 Å². The van der Waals surface area contributed by atoms with Crippen LogP contribution in [0.2, 0.25) is 0 Å². The average molecular weight is 450 g/mol. The predicted molar refractivity (Wildman–Crippen MR) is 143 cm³/mol. The first-order valence-corrected chi connectivity index (χ1v) is 12.5. The third kappa shape index (κ3) is 3.26. The van der Waals surface area contributed by atoms with Crippen molar-refractivity contribution in [2.75, 3.05) is 0 Å². The molecule has 0 radical (unpaired) electrons. The van der Waals surface area contributed by atoms with Crippen LogP contribution in [0.3, 0.4) is 0 Å². The largest absolute Gasteiger partial charge is 0.455 e. The summed E-state index contributed by atoms with van der Waals surface area (Å²) in [6.07, 6.45) is 3.05. The lowest BCUT2D eigenvalue weighted by molar-refractivity contribution is 0.648. The van der Waals surface area contributed by atoms with E-state index in [-0.39, 0.29) is 0 Å². The Kier molecular flexibility index (Phi) is 4.60. The molecule has 0 unspecified atom stereocenters. The Morgan fingerprint density at radius 2 is 1.70 bits per heavy atom. The van der Waals surface area contributed by atoms with E-state index in [1.54, 1.807) is 0 Å². The number of benzene rings is 3. The van der Waals surface area contributed by atoms with Gasteiger partial charge in [-0.2, -0.15) is 0 Å². The summed E-state index contributed by atoms with van der Waals surface area (Å²) in [6.45, 7) is 11.0. The monoisotopic (exact) mass is 449 g/mol. The highest BCUT2D eigenvalue weighted by Gasteiger charge is 2.19. The molecule has 0 aliphatic heterocycles. The van der Waals surface area contributed by atoms with Gasteiger partial charge in [-0.1, -0.05) is 32.0 Å². The van der Waals surface area contributed by atoms with Gasteiger partial charge in [0.15, 0.2) is 0 Å². The summed E-state index contributed by atoms with van der Waals surface area (Å²) in [5.41, 5.74) is 9.08. The molecule has 0 amide bonds. The molecule has 164 valence electrons. The van der Waals surface area contributed by atoms with Crippen molar-refractivity contribution in [2.45, 2.75) is 41.0 Å². The van der Waals surface area contributed by atoms with Crippen LogP contribution in [0.4, 0.5) is 0 Å². The molecule has 0 bridgehead atoms. The highest BCUT2D eigenvalue weighted by atomic mass is 32.1. The van der Waals surface area contributed by atoms with E-state index >= 15 is 0 Å². The van der Waals surface area contributed by atoms with Gasteiger partial charge in [-0.3, -0.25) is 4.98 Å². The molecule has 0 saturated carbocycles. The van der Waals surface area contributed by atoms with Gasteiger partial charge in [0, 0.05) is 38.0 Å². The molecule has 0 aliphatic carbocycles. The standard InChI is InChI=1S/C30H27NOS/c1-16(2)10-20-6-7-21-22-8-9-31-28(30(22)33-26(21)15-20)24-13-18(4)12-23-27-19(5)11-17(3)14-25(27)32-29(23)24/h6-9,11-16H,10H2,1-5H3. The van der Waals surface area contributed by atoms with Crippen LogP contribution in [0.1, 0.15) is 36.1 Å². The van der Waals surface area contributed by atoms with Crippen molar-refractivity contribution in [3.05, 3.63) is 77.0 Å². The lowest BCUT2D eigenvalue weighted by atomic mass is 9.99. The summed E-state index contributed by atoms with van der Waals surface area (Å²) in [5.74, 6) is 0.648. The van der Waals surface area contributed by atoms with Crippen LogP contribution in [0.15, 0.2) is 59.1 Å². The van der Waals surface area contributed by atoms with Gasteiger partial charge in [-0.25, -0.2) is 0 Å². The number of hydrogen-bond acceptors (Lipinski definition) is 3. The van der Waals surface area contributed by atoms with Crippen molar-refractivity contribution in [3.63, 3.8) is 0 Å². The molecule has 2 nitrogen and oxygen atoms in total. The minimum Gasteiger partial charge on any atom is -0.455 e. The van der Waals surface area contributed by atoms with E-state index in [1.165, 1.54) is 53.2 Å². The van der Waals surface area contributed by atoms with Crippen LogP contribution in [-0.2, 0) is 6.42 Å². The van der Waals surface area contributed by atoms with Crippen molar-refractivity contribution in [2.24, 2.45) is 5.92 Å². The molecule has 0 N–H and O–H groups in total. The second-order valence-corrected chi connectivity index (χ2v) is 10.9. The number of nitrogens with zero attached hydrogens (tertiary/aromatic N) is 1. The lowest BCUT2D eigenvalue weighted by Gasteiger charge is -2.06. The number of aromatic nitrogens is 1. The van der Waals surface area contributed by atoms with E-state index in [2.05, 4.69) is 83.1 Å². The number of hydrogen-bond donors (Lipinski definition) is 0. The minimum atomic E-state index is 0.648. The Hall–Kier alpha value is -3.17. The molecule has 0 saturated heterocycles. The fraction of sp³-hybridized carbons (Fsp3) is 0.233. The number of pyridine rings is 1. The number of furan rings is 1. The zero-order chi connectivity index (χ0) is 22.9. The number of aryl methyl sites for hydroxylation is 3. The van der Waals surface area contributed by atoms with E-state index < -0.39 is 0 Å². The SMILES string of the molecule is Cc1cc(C)c2c(c1)oc1c(-c3nccc4c3sc3cc(CC(C)C)ccc34)cc(C)cc12. The summed E-state index contributed by atoms with van der Waals surface area (Å²) in [7, 11) is 0. The summed E-state index contributed by atoms with van der Waals surface area (Å²) in [4.78, 5) is 4.90. The molecule has 3 aromatic carbocycles. The third-order valence-corrected chi connectivity index (χ3v) is 7.69. The normalized spacial score (nSPS) is 12.2. The predicted octanol–water partition coefficient (Wildman–Crippen LogP) is 9.14. The van der Waals surface area contributed by atoms with Gasteiger partial charge in [0.1, 0.15) is 11.2 Å². The third-order valence-electron chi connectivity index (χ3n) is 6.51. The first kappa shape index (κ1) is 20.4. The Morgan fingerprint density at radius 1 is 0.879 bits per heavy atom. The zero-order valence-corrected chi connectivity index (χ0v) is 20.6. The molecular weight excluding hydrogens is 422 g/mol.